The van der Waals surface area contributed by atoms with Crippen LogP contribution in [0.15, 0.2) is 22.5 Å². The second-order valence-corrected chi connectivity index (χ2v) is 3.43. The monoisotopic (exact) mass is 218 g/mol. The molecule has 1 nitrogen and oxygen atoms in total. The van der Waals surface area contributed by atoms with Crippen LogP contribution in [-0.4, -0.2) is 5.78 Å². The summed E-state index contributed by atoms with van der Waals surface area (Å²) in [6.45, 7) is 1.41. The first kappa shape index (κ1) is 8.65. The van der Waals surface area contributed by atoms with Gasteiger partial charge in [0.2, 0.25) is 0 Å². The van der Waals surface area contributed by atoms with E-state index >= 15 is 0 Å². The van der Waals surface area contributed by atoms with Gasteiger partial charge in [-0.3, -0.25) is 4.79 Å². The van der Waals surface area contributed by atoms with Crippen LogP contribution in [0.25, 0.3) is 0 Å². The number of rotatable bonds is 1. The molecular weight excluding hydrogens is 211 g/mol. The standard InChI is InChI=1S/C8H8BrFO/c1-5(11)7-3-2-6(9)4-8(7)10/h2,4,7H,3H2,1H3. The van der Waals surface area contributed by atoms with E-state index in [1.54, 1.807) is 6.08 Å². The molecule has 0 saturated heterocycles. The number of hydrogen-bond donors (Lipinski definition) is 0. The lowest BCUT2D eigenvalue weighted by Gasteiger charge is -2.12. The van der Waals surface area contributed by atoms with Crippen molar-refractivity contribution in [2.45, 2.75) is 13.3 Å². The number of halogens is 2. The maximum Gasteiger partial charge on any atom is 0.139 e. The van der Waals surface area contributed by atoms with Crippen LogP contribution in [0, 0.1) is 5.92 Å². The van der Waals surface area contributed by atoms with Crippen molar-refractivity contribution < 1.29 is 9.18 Å². The van der Waals surface area contributed by atoms with E-state index in [1.807, 2.05) is 0 Å². The van der Waals surface area contributed by atoms with E-state index in [1.165, 1.54) is 13.0 Å². The summed E-state index contributed by atoms with van der Waals surface area (Å²) in [5, 5.41) is 0. The predicted octanol–water partition coefficient (Wildman–Crippen LogP) is 2.73. The van der Waals surface area contributed by atoms with Gasteiger partial charge < -0.3 is 0 Å². The van der Waals surface area contributed by atoms with E-state index < -0.39 is 5.92 Å². The molecule has 1 atom stereocenters. The van der Waals surface area contributed by atoms with E-state index in [2.05, 4.69) is 15.9 Å². The van der Waals surface area contributed by atoms with E-state index in [0.29, 0.717) is 10.9 Å². The fraction of sp³-hybridized carbons (Fsp3) is 0.375. The second kappa shape index (κ2) is 3.30. The molecule has 0 heterocycles. The minimum atomic E-state index is -0.545. The topological polar surface area (TPSA) is 17.1 Å². The summed E-state index contributed by atoms with van der Waals surface area (Å²) in [5.41, 5.74) is 0. The van der Waals surface area contributed by atoms with Gasteiger partial charge in [0.25, 0.3) is 0 Å². The van der Waals surface area contributed by atoms with Crippen molar-refractivity contribution in [3.05, 3.63) is 22.5 Å². The average molecular weight is 219 g/mol. The molecule has 0 aromatic carbocycles. The predicted molar refractivity (Wildman–Crippen MR) is 45.0 cm³/mol. The molecule has 1 aliphatic carbocycles. The zero-order valence-corrected chi connectivity index (χ0v) is 7.69. The largest absolute Gasteiger partial charge is 0.299 e. The summed E-state index contributed by atoms with van der Waals surface area (Å²) in [7, 11) is 0. The van der Waals surface area contributed by atoms with Gasteiger partial charge in [0.15, 0.2) is 0 Å². The van der Waals surface area contributed by atoms with E-state index in [-0.39, 0.29) is 11.6 Å². The molecule has 0 amide bonds. The molecule has 0 radical (unpaired) electrons. The van der Waals surface area contributed by atoms with Crippen molar-refractivity contribution in [3.63, 3.8) is 0 Å². The molecule has 0 aliphatic heterocycles. The van der Waals surface area contributed by atoms with Gasteiger partial charge in [-0.1, -0.05) is 22.0 Å². The molecule has 0 N–H and O–H groups in total. The van der Waals surface area contributed by atoms with E-state index in [4.69, 9.17) is 0 Å². The SMILES string of the molecule is CC(=O)C1CC=C(Br)C=C1F. The normalized spacial score (nSPS) is 24.1. The lowest BCUT2D eigenvalue weighted by atomic mass is 9.96. The van der Waals surface area contributed by atoms with Crippen molar-refractivity contribution >= 4 is 21.7 Å². The van der Waals surface area contributed by atoms with Gasteiger partial charge in [0.1, 0.15) is 11.6 Å². The van der Waals surface area contributed by atoms with Crippen molar-refractivity contribution in [2.75, 3.05) is 0 Å². The average Bonchev–Trinajstić information content (AvgIpc) is 1.85. The third-order valence-electron chi connectivity index (χ3n) is 1.65. The van der Waals surface area contributed by atoms with Gasteiger partial charge in [-0.25, -0.2) is 4.39 Å². The van der Waals surface area contributed by atoms with Crippen LogP contribution in [0.1, 0.15) is 13.3 Å². The molecule has 0 saturated carbocycles. The van der Waals surface area contributed by atoms with E-state index in [9.17, 15) is 9.18 Å². The Morgan fingerprint density at radius 2 is 2.45 bits per heavy atom. The highest BCUT2D eigenvalue weighted by Gasteiger charge is 2.21. The number of hydrogen-bond acceptors (Lipinski definition) is 1. The Hall–Kier alpha value is -0.440. The maximum atomic E-state index is 12.9. The van der Waals surface area contributed by atoms with Crippen LogP contribution in [0.3, 0.4) is 0 Å². The number of allylic oxidation sites excluding steroid dienone is 4. The van der Waals surface area contributed by atoms with Crippen LogP contribution in [-0.2, 0) is 4.79 Å². The first-order valence-corrected chi connectivity index (χ1v) is 4.13. The van der Waals surface area contributed by atoms with Crippen molar-refractivity contribution in [1.29, 1.82) is 0 Å². The highest BCUT2D eigenvalue weighted by Crippen LogP contribution is 2.27. The lowest BCUT2D eigenvalue weighted by molar-refractivity contribution is -0.120. The Labute approximate surface area is 73.1 Å². The first-order chi connectivity index (χ1) is 5.11. The summed E-state index contributed by atoms with van der Waals surface area (Å²) >= 11 is 3.14. The minimum Gasteiger partial charge on any atom is -0.299 e. The summed E-state index contributed by atoms with van der Waals surface area (Å²) in [6.07, 6.45) is 3.61. The van der Waals surface area contributed by atoms with Gasteiger partial charge >= 0.3 is 0 Å². The Balaban J connectivity index is 2.80. The summed E-state index contributed by atoms with van der Waals surface area (Å²) < 4.78 is 13.6. The zero-order chi connectivity index (χ0) is 8.43. The molecule has 11 heavy (non-hydrogen) atoms. The molecule has 60 valence electrons. The highest BCUT2D eigenvalue weighted by atomic mass is 79.9. The Kier molecular flexibility index (Phi) is 2.60. The van der Waals surface area contributed by atoms with Crippen LogP contribution in [0.5, 0.6) is 0 Å². The van der Waals surface area contributed by atoms with Crippen molar-refractivity contribution in [2.24, 2.45) is 5.92 Å². The van der Waals surface area contributed by atoms with Crippen LogP contribution in [0.2, 0.25) is 0 Å². The third-order valence-corrected chi connectivity index (χ3v) is 2.20. The fourth-order valence-corrected chi connectivity index (χ4v) is 1.40. The van der Waals surface area contributed by atoms with Crippen LogP contribution in [0.4, 0.5) is 4.39 Å². The molecule has 3 heteroatoms. The molecule has 0 aromatic rings. The van der Waals surface area contributed by atoms with Gasteiger partial charge in [-0.2, -0.15) is 0 Å². The molecule has 1 rings (SSSR count). The third kappa shape index (κ3) is 1.99. The number of carbonyl (C=O) groups is 1. The zero-order valence-electron chi connectivity index (χ0n) is 6.10. The van der Waals surface area contributed by atoms with Gasteiger partial charge in [-0.05, 0) is 19.4 Å². The molecule has 1 unspecified atom stereocenters. The lowest BCUT2D eigenvalue weighted by Crippen LogP contribution is -2.12. The van der Waals surface area contributed by atoms with E-state index in [0.717, 1.165) is 0 Å². The summed E-state index contributed by atoms with van der Waals surface area (Å²) in [5.74, 6) is -1.00. The number of ketones is 1. The van der Waals surface area contributed by atoms with Gasteiger partial charge in [0, 0.05) is 4.48 Å². The van der Waals surface area contributed by atoms with Gasteiger partial charge in [-0.15, -0.1) is 0 Å². The van der Waals surface area contributed by atoms with Crippen molar-refractivity contribution in [3.8, 4) is 0 Å². The smallest absolute Gasteiger partial charge is 0.139 e. The van der Waals surface area contributed by atoms with Crippen LogP contribution < -0.4 is 0 Å². The molecule has 0 aromatic heterocycles. The molecule has 0 fully saturated rings. The summed E-state index contributed by atoms with van der Waals surface area (Å²) in [6, 6.07) is 0. The molecular formula is C8H8BrFO. The quantitative estimate of drug-likeness (QED) is 0.662. The summed E-state index contributed by atoms with van der Waals surface area (Å²) in [4.78, 5) is 10.8. The minimum absolute atomic E-state index is 0.116. The Morgan fingerprint density at radius 3 is 2.91 bits per heavy atom. The first-order valence-electron chi connectivity index (χ1n) is 3.34. The number of Topliss-reactive ketones (excluding diaryl/α,β-unsaturated/α-hetero) is 1. The molecule has 0 bridgehead atoms. The maximum absolute atomic E-state index is 12.9. The second-order valence-electron chi connectivity index (χ2n) is 2.52. The van der Waals surface area contributed by atoms with Gasteiger partial charge in [0.05, 0.1) is 5.92 Å². The number of carbonyl (C=O) groups excluding carboxylic acids is 1. The highest BCUT2D eigenvalue weighted by molar-refractivity contribution is 9.11. The Morgan fingerprint density at radius 1 is 1.82 bits per heavy atom. The van der Waals surface area contributed by atoms with Crippen LogP contribution >= 0.6 is 15.9 Å². The fourth-order valence-electron chi connectivity index (χ4n) is 0.994. The molecule has 1 aliphatic rings. The molecule has 0 spiro atoms. The van der Waals surface area contributed by atoms with Crippen molar-refractivity contribution in [1.82, 2.24) is 0 Å². The Bertz CT molecular complexity index is 242.